The third kappa shape index (κ3) is 8.82. The number of benzene rings is 2. The summed E-state index contributed by atoms with van der Waals surface area (Å²) in [5.41, 5.74) is 3.45. The highest BCUT2D eigenvalue weighted by Crippen LogP contribution is 2.36. The number of aromatic nitrogens is 5. The molecule has 5 aromatic rings. The average molecular weight is 773 g/mol. The molecule has 0 spiro atoms. The highest BCUT2D eigenvalue weighted by molar-refractivity contribution is 5.85. The molecule has 1 saturated carbocycles. The van der Waals surface area contributed by atoms with Crippen LogP contribution < -0.4 is 26.2 Å². The Hall–Kier alpha value is -5.71. The average Bonchev–Trinajstić information content (AvgIpc) is 3.90. The molecule has 8 N–H and O–H groups in total. The lowest BCUT2D eigenvalue weighted by Crippen LogP contribution is -2.43. The van der Waals surface area contributed by atoms with Crippen LogP contribution in [0, 0.1) is 0 Å². The number of hydrogen-bond acceptors (Lipinski definition) is 12. The number of pyridine rings is 1. The van der Waals surface area contributed by atoms with Gasteiger partial charge in [0.05, 0.1) is 30.6 Å². The van der Waals surface area contributed by atoms with Gasteiger partial charge in [0.2, 0.25) is 11.9 Å². The predicted molar refractivity (Wildman–Crippen MR) is 207 cm³/mol. The van der Waals surface area contributed by atoms with E-state index in [-0.39, 0.29) is 60.6 Å². The molecule has 4 heterocycles. The first-order valence-corrected chi connectivity index (χ1v) is 18.1. The van der Waals surface area contributed by atoms with Crippen LogP contribution in [0.5, 0.6) is 11.5 Å². The zero-order valence-electron chi connectivity index (χ0n) is 30.1. The number of phenolic OH excluding ortho intramolecular Hbond substituents is 2. The number of nitrogens with zero attached hydrogens (tertiary/aromatic N) is 6. The number of urea groups is 1. The van der Waals surface area contributed by atoms with Gasteiger partial charge in [0.1, 0.15) is 23.7 Å². The first-order chi connectivity index (χ1) is 26.2. The van der Waals surface area contributed by atoms with Gasteiger partial charge < -0.3 is 51.2 Å². The van der Waals surface area contributed by atoms with E-state index in [1.54, 1.807) is 48.3 Å². The Morgan fingerprint density at radius 3 is 2.27 bits per heavy atom. The predicted octanol–water partition coefficient (Wildman–Crippen LogP) is 2.94. The molecule has 5 atom stereocenters. The van der Waals surface area contributed by atoms with Crippen LogP contribution >= 0.6 is 12.4 Å². The number of fused-ring (bicyclic) bond motifs is 1. The van der Waals surface area contributed by atoms with Crippen molar-refractivity contribution in [3.63, 3.8) is 0 Å². The zero-order valence-corrected chi connectivity index (χ0v) is 30.9. The SMILES string of the molecule is CCC(=O)N[C@H]1C[C@@H](n2cnc3c(NCC(c4ccc(O)cc4)c4ccc(O)cc4)nc(N4CC[C@@H](NC(=O)NCc5ccccn5)C4)nc32)[C@H](O)[C@@H]1O.Cl. The highest BCUT2D eigenvalue weighted by Gasteiger charge is 2.44. The van der Waals surface area contributed by atoms with Crippen LogP contribution in [0.4, 0.5) is 16.6 Å². The van der Waals surface area contributed by atoms with E-state index in [0.29, 0.717) is 55.5 Å². The third-order valence-electron chi connectivity index (χ3n) is 10.1. The lowest BCUT2D eigenvalue weighted by atomic mass is 9.91. The van der Waals surface area contributed by atoms with Crippen LogP contribution in [0.3, 0.4) is 0 Å². The van der Waals surface area contributed by atoms with Gasteiger partial charge in [-0.05, 0) is 60.4 Å². The molecule has 17 heteroatoms. The molecule has 290 valence electrons. The number of amides is 3. The maximum Gasteiger partial charge on any atom is 0.315 e. The van der Waals surface area contributed by atoms with E-state index >= 15 is 0 Å². The van der Waals surface area contributed by atoms with Crippen LogP contribution in [0.25, 0.3) is 11.2 Å². The Balaban J connectivity index is 0.00000514. The summed E-state index contributed by atoms with van der Waals surface area (Å²) in [7, 11) is 0. The summed E-state index contributed by atoms with van der Waals surface area (Å²) in [6.45, 7) is 3.37. The summed E-state index contributed by atoms with van der Waals surface area (Å²) < 4.78 is 1.73. The Morgan fingerprint density at radius 1 is 0.909 bits per heavy atom. The van der Waals surface area contributed by atoms with Crippen LogP contribution in [-0.2, 0) is 11.3 Å². The Labute approximate surface area is 323 Å². The van der Waals surface area contributed by atoms with Gasteiger partial charge in [0.15, 0.2) is 17.0 Å². The molecule has 55 heavy (non-hydrogen) atoms. The molecule has 0 unspecified atom stereocenters. The number of aliphatic hydroxyl groups excluding tert-OH is 2. The number of carbonyl (C=O) groups excluding carboxylic acids is 2. The van der Waals surface area contributed by atoms with Crippen molar-refractivity contribution >= 4 is 47.3 Å². The smallest absolute Gasteiger partial charge is 0.315 e. The minimum Gasteiger partial charge on any atom is -0.508 e. The van der Waals surface area contributed by atoms with Crippen molar-refractivity contribution in [2.24, 2.45) is 0 Å². The maximum absolute atomic E-state index is 12.8. The molecular formula is C38H45ClN10O6. The van der Waals surface area contributed by atoms with Crippen molar-refractivity contribution in [3.8, 4) is 11.5 Å². The number of nitrogens with one attached hydrogen (secondary N) is 4. The van der Waals surface area contributed by atoms with Gasteiger partial charge in [-0.1, -0.05) is 37.3 Å². The molecule has 0 bridgehead atoms. The van der Waals surface area contributed by atoms with Crippen molar-refractivity contribution in [2.45, 2.75) is 69.0 Å². The standard InChI is InChI=1S/C38H44N10O6.ClH/c1-2-31(51)44-29-17-30(34(53)33(29)52)48-21-42-32-35(40-19-28(22-6-10-26(49)11-7-22)23-8-12-27(50)13-9-23)45-37(46-36(32)48)47-16-14-25(20-47)43-38(54)41-18-24-5-3-4-15-39-24;/h3-13,15,21,25,28-30,33-34,49-50,52-53H,2,14,16-20H2,1H3,(H,44,51)(H,40,45,46)(H2,41,43,54);1H/t25-,29+,30-,33-,34+;/m1./s1. The van der Waals surface area contributed by atoms with Crippen LogP contribution in [0.15, 0.2) is 79.3 Å². The molecule has 3 amide bonds. The van der Waals surface area contributed by atoms with Gasteiger partial charge in [0.25, 0.3) is 0 Å². The van der Waals surface area contributed by atoms with Crippen LogP contribution in [0.1, 0.15) is 55.0 Å². The van der Waals surface area contributed by atoms with Crippen molar-refractivity contribution < 1.29 is 30.0 Å². The van der Waals surface area contributed by atoms with Gasteiger partial charge in [-0.3, -0.25) is 9.78 Å². The molecule has 2 fully saturated rings. The van der Waals surface area contributed by atoms with Crippen LogP contribution in [0.2, 0.25) is 0 Å². The lowest BCUT2D eigenvalue weighted by molar-refractivity contribution is -0.122. The van der Waals surface area contributed by atoms with Crippen molar-refractivity contribution in [1.82, 2.24) is 40.5 Å². The molecular weight excluding hydrogens is 728 g/mol. The van der Waals surface area contributed by atoms with E-state index in [1.165, 1.54) is 0 Å². The molecule has 16 nitrogen and oxygen atoms in total. The number of phenols is 2. The van der Waals surface area contributed by atoms with Gasteiger partial charge in [0, 0.05) is 44.2 Å². The topological polar surface area (TPSA) is 223 Å². The summed E-state index contributed by atoms with van der Waals surface area (Å²) in [5, 5.41) is 54.2. The number of halogens is 1. The van der Waals surface area contributed by atoms with Gasteiger partial charge in [-0.25, -0.2) is 9.78 Å². The highest BCUT2D eigenvalue weighted by atomic mass is 35.5. The van der Waals surface area contributed by atoms with Gasteiger partial charge in [-0.15, -0.1) is 12.4 Å². The molecule has 2 aliphatic rings. The Kier molecular flexibility index (Phi) is 12.2. The van der Waals surface area contributed by atoms with Gasteiger partial charge >= 0.3 is 6.03 Å². The first kappa shape index (κ1) is 39.0. The largest absolute Gasteiger partial charge is 0.508 e. The number of anilines is 2. The monoisotopic (exact) mass is 772 g/mol. The summed E-state index contributed by atoms with van der Waals surface area (Å²) in [6.07, 6.45) is 2.01. The minimum absolute atomic E-state index is 0. The second-order valence-corrected chi connectivity index (χ2v) is 13.7. The summed E-state index contributed by atoms with van der Waals surface area (Å²) in [6, 6.07) is 17.6. The normalized spacial score (nSPS) is 20.7. The van der Waals surface area contributed by atoms with E-state index in [0.717, 1.165) is 16.8 Å². The molecule has 1 saturated heterocycles. The van der Waals surface area contributed by atoms with Gasteiger partial charge in [-0.2, -0.15) is 9.97 Å². The van der Waals surface area contributed by atoms with Crippen molar-refractivity contribution in [2.75, 3.05) is 29.9 Å². The molecule has 3 aromatic heterocycles. The number of aliphatic hydroxyl groups is 2. The summed E-state index contributed by atoms with van der Waals surface area (Å²) >= 11 is 0. The fourth-order valence-corrected chi connectivity index (χ4v) is 7.16. The minimum atomic E-state index is -1.20. The second kappa shape index (κ2) is 17.2. The molecule has 1 aliphatic heterocycles. The van der Waals surface area contributed by atoms with E-state index in [4.69, 9.17) is 9.97 Å². The summed E-state index contributed by atoms with van der Waals surface area (Å²) in [4.78, 5) is 45.8. The first-order valence-electron chi connectivity index (χ1n) is 18.1. The van der Waals surface area contributed by atoms with E-state index in [1.807, 2.05) is 47.4 Å². The molecule has 1 aliphatic carbocycles. The Bertz CT molecular complexity index is 2030. The summed E-state index contributed by atoms with van der Waals surface area (Å²) in [5.74, 6) is 0.663. The fourth-order valence-electron chi connectivity index (χ4n) is 7.16. The number of carbonyl (C=O) groups is 2. The Morgan fingerprint density at radius 2 is 1.62 bits per heavy atom. The fraction of sp³-hybridized carbons (Fsp3) is 0.368. The van der Waals surface area contributed by atoms with E-state index in [2.05, 4.69) is 31.2 Å². The number of aromatic hydroxyl groups is 2. The number of hydrogen-bond donors (Lipinski definition) is 8. The van der Waals surface area contributed by atoms with Crippen LogP contribution in [-0.4, -0.2) is 101 Å². The van der Waals surface area contributed by atoms with Crippen molar-refractivity contribution in [3.05, 3.63) is 96.1 Å². The van der Waals surface area contributed by atoms with E-state index < -0.39 is 24.3 Å². The molecule has 2 aromatic carbocycles. The molecule has 0 radical (unpaired) electrons. The van der Waals surface area contributed by atoms with Crippen molar-refractivity contribution in [1.29, 1.82) is 0 Å². The molecule has 7 rings (SSSR count). The maximum atomic E-state index is 12.8. The zero-order chi connectivity index (χ0) is 37.8. The second-order valence-electron chi connectivity index (χ2n) is 13.7. The number of imidazole rings is 1. The quantitative estimate of drug-likeness (QED) is 0.0917. The number of rotatable bonds is 12. The van der Waals surface area contributed by atoms with E-state index in [9.17, 15) is 30.0 Å². The third-order valence-corrected chi connectivity index (χ3v) is 10.1. The lowest BCUT2D eigenvalue weighted by Gasteiger charge is -2.22.